The minimum atomic E-state index is 0.0595. The third kappa shape index (κ3) is 3.04. The fraction of sp³-hybridized carbons (Fsp3) is 0.667. The van der Waals surface area contributed by atoms with Gasteiger partial charge in [0.05, 0.1) is 11.1 Å². The number of hydrogen-bond acceptors (Lipinski definition) is 4. The molecule has 1 aromatic rings. The van der Waals surface area contributed by atoms with Gasteiger partial charge in [-0.05, 0) is 26.7 Å². The fourth-order valence-electron chi connectivity index (χ4n) is 2.08. The SMILES string of the molecule is CCOC1CCN(C(=O)c2csc(C)n2)CC1. The van der Waals surface area contributed by atoms with Crippen molar-refractivity contribution >= 4 is 17.2 Å². The summed E-state index contributed by atoms with van der Waals surface area (Å²) in [5, 5.41) is 2.78. The summed E-state index contributed by atoms with van der Waals surface area (Å²) in [6.07, 6.45) is 2.19. The monoisotopic (exact) mass is 254 g/mol. The number of aryl methyl sites for hydroxylation is 1. The maximum atomic E-state index is 12.1. The van der Waals surface area contributed by atoms with Gasteiger partial charge in [0.1, 0.15) is 5.69 Å². The van der Waals surface area contributed by atoms with Crippen molar-refractivity contribution in [3.05, 3.63) is 16.1 Å². The van der Waals surface area contributed by atoms with Gasteiger partial charge in [0.15, 0.2) is 0 Å². The van der Waals surface area contributed by atoms with Crippen molar-refractivity contribution in [2.24, 2.45) is 0 Å². The first-order chi connectivity index (χ1) is 8.20. The molecule has 1 aliphatic rings. The summed E-state index contributed by atoms with van der Waals surface area (Å²) in [6, 6.07) is 0. The first-order valence-corrected chi connectivity index (χ1v) is 6.91. The second-order valence-electron chi connectivity index (χ2n) is 4.20. The predicted molar refractivity (Wildman–Crippen MR) is 67.4 cm³/mol. The van der Waals surface area contributed by atoms with Gasteiger partial charge in [-0.15, -0.1) is 11.3 Å². The average Bonchev–Trinajstić information content (AvgIpc) is 2.76. The Hall–Kier alpha value is -0.940. The largest absolute Gasteiger partial charge is 0.378 e. The number of carbonyl (C=O) groups excluding carboxylic acids is 1. The van der Waals surface area contributed by atoms with Crippen molar-refractivity contribution in [1.82, 2.24) is 9.88 Å². The predicted octanol–water partition coefficient (Wildman–Crippen LogP) is 2.09. The molecule has 0 bridgehead atoms. The van der Waals surface area contributed by atoms with Gasteiger partial charge in [-0.3, -0.25) is 4.79 Å². The topological polar surface area (TPSA) is 42.4 Å². The van der Waals surface area contributed by atoms with Gasteiger partial charge < -0.3 is 9.64 Å². The molecular formula is C12H18N2O2S. The van der Waals surface area contributed by atoms with Crippen molar-refractivity contribution < 1.29 is 9.53 Å². The van der Waals surface area contributed by atoms with Crippen LogP contribution in [-0.2, 0) is 4.74 Å². The molecule has 0 saturated carbocycles. The number of ether oxygens (including phenoxy) is 1. The Labute approximate surface area is 106 Å². The van der Waals surface area contributed by atoms with E-state index in [0.717, 1.165) is 37.5 Å². The summed E-state index contributed by atoms with van der Waals surface area (Å²) in [4.78, 5) is 18.2. The highest BCUT2D eigenvalue weighted by atomic mass is 32.1. The molecule has 17 heavy (non-hydrogen) atoms. The molecule has 1 aliphatic heterocycles. The Bertz CT molecular complexity index is 384. The molecule has 1 aromatic heterocycles. The minimum absolute atomic E-state index is 0.0595. The van der Waals surface area contributed by atoms with E-state index in [9.17, 15) is 4.79 Å². The van der Waals surface area contributed by atoms with Crippen molar-refractivity contribution in [2.75, 3.05) is 19.7 Å². The van der Waals surface area contributed by atoms with E-state index in [1.807, 2.05) is 24.1 Å². The van der Waals surface area contributed by atoms with Crippen LogP contribution in [0, 0.1) is 6.92 Å². The van der Waals surface area contributed by atoms with Gasteiger partial charge in [-0.1, -0.05) is 0 Å². The summed E-state index contributed by atoms with van der Waals surface area (Å²) in [5.41, 5.74) is 0.586. The third-order valence-corrected chi connectivity index (χ3v) is 3.74. The lowest BCUT2D eigenvalue weighted by atomic mass is 10.1. The number of likely N-dealkylation sites (tertiary alicyclic amines) is 1. The lowest BCUT2D eigenvalue weighted by molar-refractivity contribution is 0.0144. The van der Waals surface area contributed by atoms with E-state index in [1.165, 1.54) is 11.3 Å². The molecule has 0 aliphatic carbocycles. The van der Waals surface area contributed by atoms with Crippen molar-refractivity contribution in [3.63, 3.8) is 0 Å². The van der Waals surface area contributed by atoms with E-state index < -0.39 is 0 Å². The van der Waals surface area contributed by atoms with Crippen molar-refractivity contribution in [3.8, 4) is 0 Å². The molecule has 0 spiro atoms. The molecule has 0 unspecified atom stereocenters. The van der Waals surface area contributed by atoms with Crippen LogP contribution in [0.1, 0.15) is 35.3 Å². The van der Waals surface area contributed by atoms with Crippen LogP contribution >= 0.6 is 11.3 Å². The van der Waals surface area contributed by atoms with Gasteiger partial charge in [-0.25, -0.2) is 4.98 Å². The molecule has 0 N–H and O–H groups in total. The van der Waals surface area contributed by atoms with Crippen LogP contribution in [-0.4, -0.2) is 41.6 Å². The quantitative estimate of drug-likeness (QED) is 0.829. The molecule has 0 radical (unpaired) electrons. The zero-order chi connectivity index (χ0) is 12.3. The van der Waals surface area contributed by atoms with Crippen molar-refractivity contribution in [1.29, 1.82) is 0 Å². The van der Waals surface area contributed by atoms with Gasteiger partial charge in [-0.2, -0.15) is 0 Å². The Morgan fingerprint density at radius 1 is 1.59 bits per heavy atom. The number of carbonyl (C=O) groups is 1. The van der Waals surface area contributed by atoms with Gasteiger partial charge in [0.25, 0.3) is 5.91 Å². The smallest absolute Gasteiger partial charge is 0.273 e. The second-order valence-corrected chi connectivity index (χ2v) is 5.26. The Morgan fingerprint density at radius 2 is 2.29 bits per heavy atom. The lowest BCUT2D eigenvalue weighted by Crippen LogP contribution is -2.41. The zero-order valence-corrected chi connectivity index (χ0v) is 11.1. The van der Waals surface area contributed by atoms with E-state index in [2.05, 4.69) is 4.98 Å². The lowest BCUT2D eigenvalue weighted by Gasteiger charge is -2.31. The van der Waals surface area contributed by atoms with Crippen molar-refractivity contribution in [2.45, 2.75) is 32.8 Å². The first kappa shape index (κ1) is 12.5. The van der Waals surface area contributed by atoms with Crippen LogP contribution in [0.4, 0.5) is 0 Å². The fourth-order valence-corrected chi connectivity index (χ4v) is 2.67. The van der Waals surface area contributed by atoms with Crippen LogP contribution < -0.4 is 0 Å². The molecule has 1 saturated heterocycles. The first-order valence-electron chi connectivity index (χ1n) is 6.03. The summed E-state index contributed by atoms with van der Waals surface area (Å²) in [7, 11) is 0. The molecule has 5 heteroatoms. The number of aromatic nitrogens is 1. The third-order valence-electron chi connectivity index (χ3n) is 2.97. The molecule has 2 heterocycles. The summed E-state index contributed by atoms with van der Waals surface area (Å²) in [6.45, 7) is 6.24. The van der Waals surface area contributed by atoms with Gasteiger partial charge in [0.2, 0.25) is 0 Å². The minimum Gasteiger partial charge on any atom is -0.378 e. The molecule has 94 valence electrons. The molecule has 1 amide bonds. The van der Waals surface area contributed by atoms with Gasteiger partial charge in [0, 0.05) is 25.1 Å². The normalized spacial score (nSPS) is 17.4. The highest BCUT2D eigenvalue weighted by molar-refractivity contribution is 7.09. The van der Waals surface area contributed by atoms with Crippen LogP contribution in [0.15, 0.2) is 5.38 Å². The van der Waals surface area contributed by atoms with Gasteiger partial charge >= 0.3 is 0 Å². The van der Waals surface area contributed by atoms with Crippen LogP contribution in [0.2, 0.25) is 0 Å². The molecular weight excluding hydrogens is 236 g/mol. The molecule has 4 nitrogen and oxygen atoms in total. The molecule has 1 fully saturated rings. The van der Waals surface area contributed by atoms with Crippen LogP contribution in [0.5, 0.6) is 0 Å². The van der Waals surface area contributed by atoms with E-state index in [0.29, 0.717) is 11.8 Å². The number of rotatable bonds is 3. The Morgan fingerprint density at radius 3 is 2.82 bits per heavy atom. The maximum Gasteiger partial charge on any atom is 0.273 e. The number of hydrogen-bond donors (Lipinski definition) is 0. The number of amides is 1. The average molecular weight is 254 g/mol. The summed E-state index contributed by atoms with van der Waals surface area (Å²) < 4.78 is 5.57. The highest BCUT2D eigenvalue weighted by Crippen LogP contribution is 2.17. The Balaban J connectivity index is 1.90. The van der Waals surface area contributed by atoms with E-state index in [-0.39, 0.29) is 5.91 Å². The van der Waals surface area contributed by atoms with E-state index >= 15 is 0 Å². The zero-order valence-electron chi connectivity index (χ0n) is 10.3. The summed E-state index contributed by atoms with van der Waals surface area (Å²) >= 11 is 1.52. The van der Waals surface area contributed by atoms with Crippen LogP contribution in [0.3, 0.4) is 0 Å². The number of thiazole rings is 1. The second kappa shape index (κ2) is 5.60. The summed E-state index contributed by atoms with van der Waals surface area (Å²) in [5.74, 6) is 0.0595. The number of nitrogens with zero attached hydrogens (tertiary/aromatic N) is 2. The molecule has 0 aromatic carbocycles. The van der Waals surface area contributed by atoms with Crippen LogP contribution in [0.25, 0.3) is 0 Å². The van der Waals surface area contributed by atoms with E-state index in [4.69, 9.17) is 4.74 Å². The highest BCUT2D eigenvalue weighted by Gasteiger charge is 2.24. The van der Waals surface area contributed by atoms with E-state index in [1.54, 1.807) is 0 Å². The number of piperidine rings is 1. The molecule has 2 rings (SSSR count). The Kier molecular flexibility index (Phi) is 4.12. The standard InChI is InChI=1S/C12H18N2O2S/c1-3-16-10-4-6-14(7-5-10)12(15)11-8-17-9(2)13-11/h8,10H,3-7H2,1-2H3. The maximum absolute atomic E-state index is 12.1. The molecule has 0 atom stereocenters.